The lowest BCUT2D eigenvalue weighted by Gasteiger charge is -2.07. The van der Waals surface area contributed by atoms with E-state index in [9.17, 15) is 10.4 Å². The fourth-order valence-corrected chi connectivity index (χ4v) is 3.19. The smallest absolute Gasteiger partial charge is 0.209 e. The van der Waals surface area contributed by atoms with Gasteiger partial charge in [-0.15, -0.1) is 15.3 Å². The molecule has 0 bridgehead atoms. The zero-order valence-electron chi connectivity index (χ0n) is 12.7. The summed E-state index contributed by atoms with van der Waals surface area (Å²) in [5.41, 5.74) is 0.160. The van der Waals surface area contributed by atoms with Crippen LogP contribution in [0.15, 0.2) is 10.9 Å². The molecule has 0 amide bonds. The Balaban J connectivity index is 1.85. The van der Waals surface area contributed by atoms with Crippen LogP contribution in [0.3, 0.4) is 0 Å². The lowest BCUT2D eigenvalue weighted by atomic mass is 10.2. The first-order valence-electron chi connectivity index (χ1n) is 7.30. The molecule has 0 saturated heterocycles. The number of thioether (sulfide) groups is 1. The predicted octanol–water partition coefficient (Wildman–Crippen LogP) is 1.11. The number of nitrogens with zero attached hydrogens (tertiary/aromatic N) is 8. The van der Waals surface area contributed by atoms with E-state index in [1.54, 1.807) is 7.05 Å². The Morgan fingerprint density at radius 1 is 1.30 bits per heavy atom. The Labute approximate surface area is 137 Å². The minimum Gasteiger partial charge on any atom is -0.510 e. The van der Waals surface area contributed by atoms with Crippen molar-refractivity contribution < 1.29 is 5.11 Å². The summed E-state index contributed by atoms with van der Waals surface area (Å²) in [4.78, 5) is 0. The number of aliphatic hydroxyl groups is 1. The number of rotatable bonds is 4. The highest BCUT2D eigenvalue weighted by molar-refractivity contribution is 7.99. The van der Waals surface area contributed by atoms with Crippen molar-refractivity contribution in [1.82, 2.24) is 35.0 Å². The van der Waals surface area contributed by atoms with E-state index in [4.69, 9.17) is 0 Å². The molecule has 0 aliphatic carbocycles. The number of hydrogen-bond donors (Lipinski definition) is 1. The first-order chi connectivity index (χ1) is 11.2. The second kappa shape index (κ2) is 6.78. The Morgan fingerprint density at radius 3 is 2.91 bits per heavy atom. The molecule has 0 saturated carbocycles. The van der Waals surface area contributed by atoms with Gasteiger partial charge in [0.2, 0.25) is 5.16 Å². The standard InChI is InChI=1S/C13H16N8OS/c1-20-13(17-18-19-20)23-8-10(22)9(7-14)12-16-15-11-5-3-2-4-6-21(11)12/h22H,2-6,8H2,1H3/b10-9-. The fourth-order valence-electron chi connectivity index (χ4n) is 2.46. The van der Waals surface area contributed by atoms with E-state index < -0.39 is 0 Å². The highest BCUT2D eigenvalue weighted by Crippen LogP contribution is 2.24. The number of hydrogen-bond acceptors (Lipinski definition) is 8. The van der Waals surface area contributed by atoms with Crippen LogP contribution < -0.4 is 0 Å². The number of aromatic nitrogens is 7. The molecule has 0 radical (unpaired) electrons. The Morgan fingerprint density at radius 2 is 2.17 bits per heavy atom. The van der Waals surface area contributed by atoms with E-state index in [2.05, 4.69) is 31.8 Å². The molecule has 1 aliphatic rings. The average Bonchev–Trinajstić information content (AvgIpc) is 3.05. The van der Waals surface area contributed by atoms with Crippen molar-refractivity contribution in [2.75, 3.05) is 5.75 Å². The van der Waals surface area contributed by atoms with E-state index in [1.165, 1.54) is 16.4 Å². The van der Waals surface area contributed by atoms with Crippen LogP contribution in [0.4, 0.5) is 0 Å². The van der Waals surface area contributed by atoms with Crippen LogP contribution in [0.1, 0.15) is 30.9 Å². The molecule has 3 heterocycles. The van der Waals surface area contributed by atoms with Gasteiger partial charge in [-0.3, -0.25) is 0 Å². The molecule has 1 aliphatic heterocycles. The van der Waals surface area contributed by atoms with Gasteiger partial charge >= 0.3 is 0 Å². The van der Waals surface area contributed by atoms with Crippen LogP contribution in [-0.2, 0) is 20.0 Å². The highest BCUT2D eigenvalue weighted by atomic mass is 32.2. The van der Waals surface area contributed by atoms with Crippen molar-refractivity contribution in [3.8, 4) is 6.07 Å². The third kappa shape index (κ3) is 3.19. The second-order valence-electron chi connectivity index (χ2n) is 5.21. The van der Waals surface area contributed by atoms with E-state index in [1.807, 2.05) is 4.57 Å². The summed E-state index contributed by atoms with van der Waals surface area (Å²) in [6.07, 6.45) is 4.09. The summed E-state index contributed by atoms with van der Waals surface area (Å²) in [5, 5.41) is 39.7. The number of nitriles is 1. The third-order valence-corrected chi connectivity index (χ3v) is 4.67. The van der Waals surface area contributed by atoms with Gasteiger partial charge in [0, 0.05) is 20.0 Å². The maximum atomic E-state index is 10.3. The molecule has 0 spiro atoms. The summed E-state index contributed by atoms with van der Waals surface area (Å²) in [6.45, 7) is 0.774. The Hall–Kier alpha value is -2.41. The number of allylic oxidation sites excluding steroid dienone is 1. The summed E-state index contributed by atoms with van der Waals surface area (Å²) in [7, 11) is 1.71. The molecule has 0 unspecified atom stereocenters. The Kier molecular flexibility index (Phi) is 4.57. The molecule has 10 heteroatoms. The van der Waals surface area contributed by atoms with Gasteiger partial charge in [-0.05, 0) is 23.3 Å². The van der Waals surface area contributed by atoms with Gasteiger partial charge in [-0.2, -0.15) is 5.26 Å². The normalized spacial score (nSPS) is 15.5. The van der Waals surface area contributed by atoms with Crippen molar-refractivity contribution in [2.24, 2.45) is 7.05 Å². The molecule has 9 nitrogen and oxygen atoms in total. The largest absolute Gasteiger partial charge is 0.510 e. The molecular weight excluding hydrogens is 316 g/mol. The summed E-state index contributed by atoms with van der Waals surface area (Å²) in [5.74, 6) is 1.47. The van der Waals surface area contributed by atoms with Crippen LogP contribution in [-0.4, -0.2) is 45.8 Å². The molecular formula is C13H16N8OS. The van der Waals surface area contributed by atoms with Gasteiger partial charge in [0.15, 0.2) is 5.82 Å². The minimum absolute atomic E-state index is 0.0417. The topological polar surface area (TPSA) is 118 Å². The van der Waals surface area contributed by atoms with Crippen LogP contribution in [0.5, 0.6) is 0 Å². The lowest BCUT2D eigenvalue weighted by molar-refractivity contribution is 0.419. The number of aliphatic hydroxyl groups excluding tert-OH is 1. The zero-order valence-corrected chi connectivity index (χ0v) is 13.5. The SMILES string of the molecule is Cn1nnnc1SC/C(O)=C(\C#N)c1nnc2n1CCCCC2. The zero-order chi connectivity index (χ0) is 16.2. The maximum absolute atomic E-state index is 10.3. The van der Waals surface area contributed by atoms with Crippen molar-refractivity contribution in [3.63, 3.8) is 0 Å². The van der Waals surface area contributed by atoms with Gasteiger partial charge in [0.05, 0.1) is 5.75 Å². The number of tetrazole rings is 1. The summed E-state index contributed by atoms with van der Waals surface area (Å²) >= 11 is 1.25. The van der Waals surface area contributed by atoms with Gasteiger partial charge in [-0.1, -0.05) is 18.2 Å². The molecule has 0 aromatic carbocycles. The predicted molar refractivity (Wildman–Crippen MR) is 82.3 cm³/mol. The van der Waals surface area contributed by atoms with Crippen LogP contribution >= 0.6 is 11.8 Å². The van der Waals surface area contributed by atoms with Gasteiger partial charge < -0.3 is 9.67 Å². The van der Waals surface area contributed by atoms with Crippen molar-refractivity contribution in [1.29, 1.82) is 5.26 Å². The maximum Gasteiger partial charge on any atom is 0.209 e. The van der Waals surface area contributed by atoms with E-state index >= 15 is 0 Å². The quantitative estimate of drug-likeness (QED) is 0.502. The second-order valence-corrected chi connectivity index (χ2v) is 6.15. The molecule has 2 aromatic heterocycles. The highest BCUT2D eigenvalue weighted by Gasteiger charge is 2.21. The monoisotopic (exact) mass is 332 g/mol. The molecule has 0 atom stereocenters. The van der Waals surface area contributed by atoms with Crippen LogP contribution in [0, 0.1) is 11.3 Å². The van der Waals surface area contributed by atoms with E-state index in [0.29, 0.717) is 11.0 Å². The number of fused-ring (bicyclic) bond motifs is 1. The fraction of sp³-hybridized carbons (Fsp3) is 0.538. The van der Waals surface area contributed by atoms with Crippen molar-refractivity contribution in [2.45, 2.75) is 37.4 Å². The molecule has 23 heavy (non-hydrogen) atoms. The lowest BCUT2D eigenvalue weighted by Crippen LogP contribution is -2.07. The average molecular weight is 332 g/mol. The van der Waals surface area contributed by atoms with Gasteiger partial charge in [-0.25, -0.2) is 4.68 Å². The summed E-state index contributed by atoms with van der Waals surface area (Å²) in [6, 6.07) is 2.05. The van der Waals surface area contributed by atoms with Gasteiger partial charge in [0.25, 0.3) is 0 Å². The Bertz CT molecular complexity index is 771. The molecule has 0 fully saturated rings. The molecule has 1 N–H and O–H groups in total. The van der Waals surface area contributed by atoms with Crippen molar-refractivity contribution in [3.05, 3.63) is 17.4 Å². The van der Waals surface area contributed by atoms with Crippen molar-refractivity contribution >= 4 is 17.3 Å². The number of aryl methyl sites for hydroxylation is 2. The van der Waals surface area contributed by atoms with Crippen LogP contribution in [0.2, 0.25) is 0 Å². The minimum atomic E-state index is -0.0417. The van der Waals surface area contributed by atoms with E-state index in [0.717, 1.165) is 38.1 Å². The van der Waals surface area contributed by atoms with Gasteiger partial charge in [0.1, 0.15) is 23.2 Å². The third-order valence-electron chi connectivity index (χ3n) is 3.65. The molecule has 2 aromatic rings. The molecule has 120 valence electrons. The first-order valence-corrected chi connectivity index (χ1v) is 8.29. The summed E-state index contributed by atoms with van der Waals surface area (Å²) < 4.78 is 3.45. The molecule has 3 rings (SSSR count). The van der Waals surface area contributed by atoms with E-state index in [-0.39, 0.29) is 17.1 Å². The first kappa shape index (κ1) is 15.5. The van der Waals surface area contributed by atoms with Crippen LogP contribution in [0.25, 0.3) is 5.57 Å².